The Morgan fingerprint density at radius 1 is 0.629 bits per heavy atom. The highest BCUT2D eigenvalue weighted by Crippen LogP contribution is 2.15. The Labute approximate surface area is 360 Å². The van der Waals surface area contributed by atoms with Gasteiger partial charge in [0.15, 0.2) is 0 Å². The van der Waals surface area contributed by atoms with Gasteiger partial charge >= 0.3 is 53.7 Å². The summed E-state index contributed by atoms with van der Waals surface area (Å²) in [6.07, 6.45) is 6.15. The van der Waals surface area contributed by atoms with Gasteiger partial charge in [0.25, 0.3) is 0 Å². The van der Waals surface area contributed by atoms with Crippen molar-refractivity contribution in [3.05, 3.63) is 0 Å². The minimum absolute atomic E-state index is 0.0213. The molecule has 3 rings (SSSR count). The first-order valence-electron chi connectivity index (χ1n) is 18.5. The number of carbonyl (C=O) groups is 10. The zero-order valence-corrected chi connectivity index (χ0v) is 35.1. The van der Waals surface area contributed by atoms with Crippen molar-refractivity contribution in [2.24, 2.45) is 40.1 Å². The average Bonchev–Trinajstić information content (AvgIpc) is 4.05. The van der Waals surface area contributed by atoms with Gasteiger partial charge in [-0.25, -0.2) is 0 Å². The third kappa shape index (κ3) is 39.1. The molecule has 0 aromatic heterocycles. The van der Waals surface area contributed by atoms with Crippen LogP contribution in [0.3, 0.4) is 0 Å². The van der Waals surface area contributed by atoms with E-state index >= 15 is 0 Å². The molecular weight excluding hydrogens is 856 g/mol. The highest BCUT2D eigenvalue weighted by Gasteiger charge is 2.37. The number of carboxylic acid groups (broad SMARTS) is 6. The van der Waals surface area contributed by atoms with Crippen LogP contribution >= 0.6 is 11.8 Å². The lowest BCUT2D eigenvalue weighted by molar-refractivity contribution is -0.158. The second kappa shape index (κ2) is 40.0. The minimum Gasteiger partial charge on any atom is -0.480 e. The molecule has 3 fully saturated rings. The molecule has 28 nitrogen and oxygen atoms in total. The molecule has 0 aromatic rings. The number of ether oxygens (including phenoxy) is 2. The Hall–Kier alpha value is -5.11. The number of rotatable bonds is 16. The van der Waals surface area contributed by atoms with Crippen LogP contribution < -0.4 is 56.1 Å². The number of hydrogen-bond acceptors (Lipinski definition) is 22. The number of thioether (sulfide) groups is 1. The van der Waals surface area contributed by atoms with Gasteiger partial charge in [0.1, 0.15) is 36.3 Å². The number of carboxylic acids is 6. The quantitative estimate of drug-likeness (QED) is 0.0506. The molecule has 3 aliphatic heterocycles. The summed E-state index contributed by atoms with van der Waals surface area (Å²) in [5, 5.41) is 57.6. The van der Waals surface area contributed by atoms with E-state index in [2.05, 4.69) is 32.2 Å². The predicted octanol–water partition coefficient (Wildman–Crippen LogP) is -6.23. The number of amides is 1. The lowest BCUT2D eigenvalue weighted by Crippen LogP contribution is -2.43. The molecule has 0 saturated carbocycles. The molecule has 360 valence electrons. The van der Waals surface area contributed by atoms with Crippen LogP contribution in [0.15, 0.2) is 0 Å². The van der Waals surface area contributed by atoms with Gasteiger partial charge in [-0.2, -0.15) is 11.8 Å². The van der Waals surface area contributed by atoms with E-state index in [1.54, 1.807) is 11.8 Å². The van der Waals surface area contributed by atoms with Crippen LogP contribution in [-0.4, -0.2) is 184 Å². The van der Waals surface area contributed by atoms with E-state index in [1.807, 2.05) is 6.26 Å². The maximum atomic E-state index is 11.7. The molecule has 0 aliphatic carbocycles. The van der Waals surface area contributed by atoms with Crippen LogP contribution in [-0.2, 0) is 57.4 Å². The molecule has 62 heavy (non-hydrogen) atoms. The van der Waals surface area contributed by atoms with Gasteiger partial charge in [0.2, 0.25) is 5.91 Å². The Morgan fingerprint density at radius 2 is 1.06 bits per heavy atom. The number of nitrogens with two attached hydrogens (primary N) is 7. The van der Waals surface area contributed by atoms with Crippen molar-refractivity contribution in [2.45, 2.75) is 87.7 Å². The van der Waals surface area contributed by atoms with Crippen LogP contribution in [0.25, 0.3) is 0 Å². The summed E-state index contributed by atoms with van der Waals surface area (Å²) in [6.45, 7) is 1.10. The van der Waals surface area contributed by atoms with Gasteiger partial charge in [-0.05, 0) is 76.6 Å². The fraction of sp³-hybridized carbons (Fsp3) is 0.697. The van der Waals surface area contributed by atoms with Gasteiger partial charge in [-0.3, -0.25) is 47.9 Å². The van der Waals surface area contributed by atoms with E-state index in [0.29, 0.717) is 19.4 Å². The highest BCUT2D eigenvalue weighted by molar-refractivity contribution is 7.98. The first kappa shape index (κ1) is 63.5. The average molecular weight is 921 g/mol. The number of primary amides is 1. The van der Waals surface area contributed by atoms with Crippen LogP contribution in [0.1, 0.15) is 51.4 Å². The molecule has 0 aromatic carbocycles. The van der Waals surface area contributed by atoms with Gasteiger partial charge in [-0.15, -0.1) is 0 Å². The van der Waals surface area contributed by atoms with Gasteiger partial charge in [0.05, 0.1) is 26.2 Å². The molecule has 1 amide bonds. The summed E-state index contributed by atoms with van der Waals surface area (Å²) in [5.74, 6) is -7.20. The third-order valence-electron chi connectivity index (χ3n) is 7.28. The Balaban J connectivity index is -0.000000329. The molecule has 0 spiro atoms. The second-order valence-electron chi connectivity index (χ2n) is 12.3. The predicted molar refractivity (Wildman–Crippen MR) is 219 cm³/mol. The largest absolute Gasteiger partial charge is 0.480 e. The molecule has 29 heteroatoms. The standard InChI is InChI=1S/C10H16N2O4.C5H10N2O3.C5H11NO2S.C5H9NO2.C4H8N2O3.2C2H5NO2/c13-9(14)8-7(3-5-12-8)16-10(15)6-2-1-4-11-6;6-3(5(9)10)1-2-4(7)8;1-9-3-2-4(6)5(7)8;7-5(8)4-2-1-3-6-4;5-1-3(7)9-4(8)2-6;2*3-1-2(4)5/h6-8,11-12H,1-5H2,(H,13,14);3H,1-2,6H2,(H2,7,8)(H,9,10);4H,2-3,6H2,1H3,(H,7,8);4,6H,1-3H2,(H,7,8);1-2,5-6H2;2*1,3H2,(H,4,5)/t6-,7?,8-;3-;2*4-;;;/m0000.../s1. The van der Waals surface area contributed by atoms with Gasteiger partial charge in [-0.1, -0.05) is 0 Å². The molecular formula is C33H64N10O18S. The van der Waals surface area contributed by atoms with Crippen molar-refractivity contribution in [1.82, 2.24) is 16.0 Å². The molecule has 3 aliphatic rings. The van der Waals surface area contributed by atoms with E-state index in [0.717, 1.165) is 44.5 Å². The van der Waals surface area contributed by atoms with E-state index in [1.165, 1.54) is 0 Å². The molecule has 6 atom stereocenters. The number of esters is 3. The van der Waals surface area contributed by atoms with Crippen molar-refractivity contribution in [1.29, 1.82) is 0 Å². The number of aliphatic carboxylic acids is 6. The summed E-state index contributed by atoms with van der Waals surface area (Å²) < 4.78 is 9.25. The molecule has 0 bridgehead atoms. The monoisotopic (exact) mass is 920 g/mol. The summed E-state index contributed by atoms with van der Waals surface area (Å²) in [4.78, 5) is 102. The molecule has 23 N–H and O–H groups in total. The zero-order valence-electron chi connectivity index (χ0n) is 34.3. The molecule has 0 radical (unpaired) electrons. The van der Waals surface area contributed by atoms with Crippen LogP contribution in [0.5, 0.6) is 0 Å². The van der Waals surface area contributed by atoms with E-state index in [9.17, 15) is 47.9 Å². The van der Waals surface area contributed by atoms with Gasteiger partial charge in [0, 0.05) is 6.42 Å². The number of hydrogen-bond donors (Lipinski definition) is 16. The summed E-state index contributed by atoms with van der Waals surface area (Å²) >= 11 is 1.60. The molecule has 3 saturated heterocycles. The Kier molecular flexibility index (Phi) is 41.0. The topological polar surface area (TPSA) is 529 Å². The van der Waals surface area contributed by atoms with Crippen molar-refractivity contribution < 1.29 is 88.1 Å². The SMILES string of the molecule is CSCC[C@H](N)C(=O)O.NC(=O)CC[C@H](N)C(=O)O.NCC(=O)O.NCC(=O)O.NCC(=O)OC(=O)CN.O=C(O)[C@@H]1CCCN1.O=C(OC1CCN[C@@H]1C(=O)O)[C@@H]1CCCN1. The minimum atomic E-state index is -1.11. The maximum absolute atomic E-state index is 11.7. The number of carbonyl (C=O) groups excluding carboxylic acids is 4. The smallest absolute Gasteiger partial charge is 0.327 e. The Morgan fingerprint density at radius 3 is 1.37 bits per heavy atom. The van der Waals surface area contributed by atoms with Crippen molar-refractivity contribution in [3.63, 3.8) is 0 Å². The molecule has 1 unspecified atom stereocenters. The zero-order chi connectivity index (χ0) is 48.8. The van der Waals surface area contributed by atoms with E-state index in [-0.39, 0.29) is 57.1 Å². The third-order valence-corrected chi connectivity index (χ3v) is 7.93. The normalized spacial score (nSPS) is 18.8. The number of nitrogens with one attached hydrogen (secondary N) is 3. The highest BCUT2D eigenvalue weighted by atomic mass is 32.2. The molecule has 3 heterocycles. The lowest BCUT2D eigenvalue weighted by Gasteiger charge is -2.18. The van der Waals surface area contributed by atoms with E-state index in [4.69, 9.17) is 64.0 Å². The Bertz CT molecular complexity index is 1340. The van der Waals surface area contributed by atoms with Crippen molar-refractivity contribution in [2.75, 3.05) is 57.8 Å². The lowest BCUT2D eigenvalue weighted by atomic mass is 10.1. The van der Waals surface area contributed by atoms with Crippen LogP contribution in [0, 0.1) is 0 Å². The van der Waals surface area contributed by atoms with Crippen molar-refractivity contribution in [3.8, 4) is 0 Å². The van der Waals surface area contributed by atoms with Gasteiger partial charge < -0.3 is 96.2 Å². The first-order chi connectivity index (χ1) is 28.9. The van der Waals surface area contributed by atoms with Crippen LogP contribution in [0.4, 0.5) is 0 Å². The summed E-state index contributed by atoms with van der Waals surface area (Å²) in [7, 11) is 0. The fourth-order valence-corrected chi connectivity index (χ4v) is 4.55. The summed E-state index contributed by atoms with van der Waals surface area (Å²) in [6, 6.07) is -2.94. The fourth-order valence-electron chi connectivity index (χ4n) is 4.06. The van der Waals surface area contributed by atoms with E-state index < -0.39 is 77.9 Å². The first-order valence-corrected chi connectivity index (χ1v) is 19.9. The summed E-state index contributed by atoms with van der Waals surface area (Å²) in [5.41, 5.74) is 33.8. The maximum Gasteiger partial charge on any atom is 0.327 e. The second-order valence-corrected chi connectivity index (χ2v) is 13.3. The van der Waals surface area contributed by atoms with Crippen LogP contribution in [0.2, 0.25) is 0 Å². The van der Waals surface area contributed by atoms with Crippen molar-refractivity contribution >= 4 is 71.4 Å².